The molecule has 124 valence electrons. The van der Waals surface area contributed by atoms with E-state index in [1.807, 2.05) is 6.92 Å². The van der Waals surface area contributed by atoms with Crippen molar-refractivity contribution in [3.05, 3.63) is 0 Å². The van der Waals surface area contributed by atoms with Crippen LogP contribution >= 0.6 is 0 Å². The fraction of sp³-hybridized carbons (Fsp3) is 0.941. The van der Waals surface area contributed by atoms with Crippen LogP contribution in [-0.2, 0) is 14.3 Å². The highest BCUT2D eigenvalue weighted by Gasteiger charge is 2.16. The van der Waals surface area contributed by atoms with E-state index in [1.165, 1.54) is 32.1 Å². The second kappa shape index (κ2) is 12.0. The minimum absolute atomic E-state index is 0.0137. The molecule has 4 nitrogen and oxygen atoms in total. The molecule has 0 N–H and O–H groups in total. The van der Waals surface area contributed by atoms with E-state index in [1.54, 1.807) is 0 Å². The smallest absolute Gasteiger partial charge is 0.306 e. The standard InChI is InChI=1S/C17H33NO3/c1-3-4-5-6-7-8-9-10-17(19)21-16(2)15-18-11-13-20-14-12-18/h16H,3-15H2,1-2H3. The molecule has 0 spiro atoms. The zero-order chi connectivity index (χ0) is 15.3. The first-order valence-electron chi connectivity index (χ1n) is 8.72. The van der Waals surface area contributed by atoms with Gasteiger partial charge in [0.15, 0.2) is 0 Å². The molecular weight excluding hydrogens is 266 g/mol. The van der Waals surface area contributed by atoms with Crippen LogP contribution in [0.15, 0.2) is 0 Å². The molecule has 21 heavy (non-hydrogen) atoms. The van der Waals surface area contributed by atoms with E-state index in [9.17, 15) is 4.79 Å². The molecule has 1 aliphatic heterocycles. The number of unbranched alkanes of at least 4 members (excludes halogenated alkanes) is 6. The molecule has 1 unspecified atom stereocenters. The van der Waals surface area contributed by atoms with Crippen molar-refractivity contribution >= 4 is 5.97 Å². The van der Waals surface area contributed by atoms with Gasteiger partial charge in [0.2, 0.25) is 0 Å². The van der Waals surface area contributed by atoms with Gasteiger partial charge in [0.05, 0.1) is 13.2 Å². The van der Waals surface area contributed by atoms with Crippen molar-refractivity contribution in [1.82, 2.24) is 4.90 Å². The summed E-state index contributed by atoms with van der Waals surface area (Å²) in [6.07, 6.45) is 9.17. The molecule has 4 heteroatoms. The summed E-state index contributed by atoms with van der Waals surface area (Å²) in [5.41, 5.74) is 0. The lowest BCUT2D eigenvalue weighted by atomic mass is 10.1. The molecule has 1 fully saturated rings. The largest absolute Gasteiger partial charge is 0.461 e. The lowest BCUT2D eigenvalue weighted by molar-refractivity contribution is -0.149. The first kappa shape index (κ1) is 18.4. The molecule has 0 aromatic rings. The van der Waals surface area contributed by atoms with Crippen molar-refractivity contribution in [3.63, 3.8) is 0 Å². The highest BCUT2D eigenvalue weighted by Crippen LogP contribution is 2.09. The van der Waals surface area contributed by atoms with Gasteiger partial charge in [-0.15, -0.1) is 0 Å². The summed E-state index contributed by atoms with van der Waals surface area (Å²) >= 11 is 0. The Labute approximate surface area is 130 Å². The number of rotatable bonds is 11. The molecule has 0 aromatic carbocycles. The van der Waals surface area contributed by atoms with Crippen LogP contribution in [0.5, 0.6) is 0 Å². The molecule has 1 saturated heterocycles. The normalized spacial score (nSPS) is 17.6. The molecule has 1 atom stereocenters. The predicted octanol–water partition coefficient (Wildman–Crippen LogP) is 3.39. The summed E-state index contributed by atoms with van der Waals surface area (Å²) in [6, 6.07) is 0. The molecule has 0 aliphatic carbocycles. The maximum absolute atomic E-state index is 11.8. The number of hydrogen-bond donors (Lipinski definition) is 0. The Bertz CT molecular complexity index is 265. The van der Waals surface area contributed by atoms with Crippen LogP contribution in [0.25, 0.3) is 0 Å². The van der Waals surface area contributed by atoms with Gasteiger partial charge in [-0.1, -0.05) is 45.4 Å². The van der Waals surface area contributed by atoms with Gasteiger partial charge in [-0.25, -0.2) is 0 Å². The summed E-state index contributed by atoms with van der Waals surface area (Å²) in [6.45, 7) is 8.51. The maximum atomic E-state index is 11.8. The number of ether oxygens (including phenoxy) is 2. The molecule has 0 bridgehead atoms. The fourth-order valence-corrected chi connectivity index (χ4v) is 2.69. The summed E-state index contributed by atoms with van der Waals surface area (Å²) < 4.78 is 10.8. The van der Waals surface area contributed by atoms with Crippen LogP contribution < -0.4 is 0 Å². The minimum atomic E-state index is -0.0377. The highest BCUT2D eigenvalue weighted by atomic mass is 16.5. The van der Waals surface area contributed by atoms with E-state index in [-0.39, 0.29) is 12.1 Å². The quantitative estimate of drug-likeness (QED) is 0.433. The third kappa shape index (κ3) is 9.86. The Kier molecular flexibility index (Phi) is 10.5. The lowest BCUT2D eigenvalue weighted by Crippen LogP contribution is -2.41. The second-order valence-corrected chi connectivity index (χ2v) is 6.08. The highest BCUT2D eigenvalue weighted by molar-refractivity contribution is 5.69. The second-order valence-electron chi connectivity index (χ2n) is 6.08. The SMILES string of the molecule is CCCCCCCCCC(=O)OC(C)CN1CCOCC1. The summed E-state index contributed by atoms with van der Waals surface area (Å²) in [7, 11) is 0. The van der Waals surface area contributed by atoms with E-state index in [0.29, 0.717) is 6.42 Å². The van der Waals surface area contributed by atoms with E-state index in [4.69, 9.17) is 9.47 Å². The van der Waals surface area contributed by atoms with Gasteiger partial charge in [-0.05, 0) is 13.3 Å². The van der Waals surface area contributed by atoms with Crippen molar-refractivity contribution in [2.24, 2.45) is 0 Å². The summed E-state index contributed by atoms with van der Waals surface area (Å²) in [4.78, 5) is 14.1. The first-order valence-corrected chi connectivity index (χ1v) is 8.72. The molecule has 0 amide bonds. The summed E-state index contributed by atoms with van der Waals surface area (Å²) in [5.74, 6) is -0.0377. The van der Waals surface area contributed by atoms with Gasteiger partial charge in [0, 0.05) is 26.1 Å². The zero-order valence-electron chi connectivity index (χ0n) is 13.9. The number of nitrogens with zero attached hydrogens (tertiary/aromatic N) is 1. The van der Waals surface area contributed by atoms with Crippen LogP contribution in [0.3, 0.4) is 0 Å². The van der Waals surface area contributed by atoms with Gasteiger partial charge in [0.1, 0.15) is 6.10 Å². The van der Waals surface area contributed by atoms with Crippen LogP contribution in [-0.4, -0.2) is 49.8 Å². The Balaban J connectivity index is 1.96. The van der Waals surface area contributed by atoms with Crippen molar-refractivity contribution < 1.29 is 14.3 Å². The maximum Gasteiger partial charge on any atom is 0.306 e. The van der Waals surface area contributed by atoms with Crippen LogP contribution in [0.1, 0.15) is 65.2 Å². The Morgan fingerprint density at radius 1 is 1.10 bits per heavy atom. The van der Waals surface area contributed by atoms with E-state index in [2.05, 4.69) is 11.8 Å². The van der Waals surface area contributed by atoms with Crippen molar-refractivity contribution in [2.75, 3.05) is 32.8 Å². The first-order chi connectivity index (χ1) is 10.2. The van der Waals surface area contributed by atoms with E-state index < -0.39 is 0 Å². The van der Waals surface area contributed by atoms with Crippen LogP contribution in [0.4, 0.5) is 0 Å². The van der Waals surface area contributed by atoms with Crippen molar-refractivity contribution in [1.29, 1.82) is 0 Å². The molecule has 1 heterocycles. The predicted molar refractivity (Wildman–Crippen MR) is 85.4 cm³/mol. The monoisotopic (exact) mass is 299 g/mol. The third-order valence-corrected chi connectivity index (χ3v) is 3.94. The number of carbonyl (C=O) groups excluding carboxylic acids is 1. The Hall–Kier alpha value is -0.610. The van der Waals surface area contributed by atoms with Gasteiger partial charge < -0.3 is 9.47 Å². The van der Waals surface area contributed by atoms with Crippen molar-refractivity contribution in [3.8, 4) is 0 Å². The molecule has 1 rings (SSSR count). The van der Waals surface area contributed by atoms with Crippen molar-refractivity contribution in [2.45, 2.75) is 71.3 Å². The topological polar surface area (TPSA) is 38.8 Å². The number of carbonyl (C=O) groups is 1. The number of esters is 1. The lowest BCUT2D eigenvalue weighted by Gasteiger charge is -2.28. The minimum Gasteiger partial charge on any atom is -0.461 e. The van der Waals surface area contributed by atoms with E-state index in [0.717, 1.165) is 45.7 Å². The van der Waals surface area contributed by atoms with Gasteiger partial charge in [-0.2, -0.15) is 0 Å². The average molecular weight is 299 g/mol. The molecule has 0 saturated carbocycles. The van der Waals surface area contributed by atoms with Crippen LogP contribution in [0.2, 0.25) is 0 Å². The van der Waals surface area contributed by atoms with Gasteiger partial charge in [-0.3, -0.25) is 9.69 Å². The number of morpholine rings is 1. The molecule has 0 aromatic heterocycles. The number of hydrogen-bond acceptors (Lipinski definition) is 4. The van der Waals surface area contributed by atoms with Crippen LogP contribution in [0, 0.1) is 0 Å². The molecule has 1 aliphatic rings. The van der Waals surface area contributed by atoms with Gasteiger partial charge >= 0.3 is 5.97 Å². The summed E-state index contributed by atoms with van der Waals surface area (Å²) in [5, 5.41) is 0. The molecular formula is C17H33NO3. The average Bonchev–Trinajstić information content (AvgIpc) is 2.47. The molecule has 0 radical (unpaired) electrons. The fourth-order valence-electron chi connectivity index (χ4n) is 2.69. The Morgan fingerprint density at radius 2 is 1.71 bits per heavy atom. The van der Waals surface area contributed by atoms with Gasteiger partial charge in [0.25, 0.3) is 0 Å². The Morgan fingerprint density at radius 3 is 2.38 bits per heavy atom. The zero-order valence-corrected chi connectivity index (χ0v) is 13.9. The third-order valence-electron chi connectivity index (χ3n) is 3.94. The van der Waals surface area contributed by atoms with E-state index >= 15 is 0 Å².